The highest BCUT2D eigenvalue weighted by Crippen LogP contribution is 2.19. The van der Waals surface area contributed by atoms with Gasteiger partial charge in [-0.2, -0.15) is 4.31 Å². The van der Waals surface area contributed by atoms with Gasteiger partial charge < -0.3 is 10.2 Å². The highest BCUT2D eigenvalue weighted by molar-refractivity contribution is 7.89. The van der Waals surface area contributed by atoms with E-state index in [9.17, 15) is 18.0 Å². The number of nitrogens with zero attached hydrogens (tertiary/aromatic N) is 2. The molecule has 1 N–H and O–H groups in total. The molecule has 39 heavy (non-hydrogen) atoms. The fourth-order valence-electron chi connectivity index (χ4n) is 4.29. The van der Waals surface area contributed by atoms with Crippen molar-refractivity contribution in [1.29, 1.82) is 0 Å². The minimum atomic E-state index is -3.90. The maximum absolute atomic E-state index is 13.9. The Morgan fingerprint density at radius 2 is 1.54 bits per heavy atom. The van der Waals surface area contributed by atoms with Crippen LogP contribution in [0.3, 0.4) is 0 Å². The quantitative estimate of drug-likeness (QED) is 0.319. The maximum atomic E-state index is 13.9. The lowest BCUT2D eigenvalue weighted by Gasteiger charge is -2.33. The van der Waals surface area contributed by atoms with Gasteiger partial charge in [0.25, 0.3) is 0 Å². The third-order valence-electron chi connectivity index (χ3n) is 6.79. The average Bonchev–Trinajstić information content (AvgIpc) is 2.92. The fourth-order valence-corrected chi connectivity index (χ4v) is 5.41. The van der Waals surface area contributed by atoms with E-state index in [0.717, 1.165) is 39.4 Å². The molecular formula is C31H39N3O4S. The first kappa shape index (κ1) is 30.1. The summed E-state index contributed by atoms with van der Waals surface area (Å²) >= 11 is 0. The number of benzene rings is 3. The van der Waals surface area contributed by atoms with Crippen LogP contribution in [0.4, 0.5) is 0 Å². The first-order valence-corrected chi connectivity index (χ1v) is 14.8. The lowest BCUT2D eigenvalue weighted by molar-refractivity contribution is -0.141. The van der Waals surface area contributed by atoms with Crippen molar-refractivity contribution >= 4 is 21.8 Å². The van der Waals surface area contributed by atoms with E-state index >= 15 is 0 Å². The Bertz CT molecular complexity index is 1340. The topological polar surface area (TPSA) is 86.8 Å². The minimum absolute atomic E-state index is 0.118. The van der Waals surface area contributed by atoms with Crippen molar-refractivity contribution in [2.75, 3.05) is 20.1 Å². The van der Waals surface area contributed by atoms with Crippen LogP contribution < -0.4 is 5.32 Å². The number of amides is 2. The van der Waals surface area contributed by atoms with Crippen molar-refractivity contribution < 1.29 is 18.0 Å². The van der Waals surface area contributed by atoms with Gasteiger partial charge in [0.2, 0.25) is 21.8 Å². The molecule has 2 amide bonds. The number of rotatable bonds is 13. The van der Waals surface area contributed by atoms with Crippen LogP contribution in [0.2, 0.25) is 0 Å². The number of nitrogens with one attached hydrogen (secondary N) is 1. The normalized spacial score (nSPS) is 12.2. The number of carbonyl (C=O) groups is 2. The van der Waals surface area contributed by atoms with Crippen molar-refractivity contribution in [2.45, 2.75) is 57.5 Å². The molecule has 0 unspecified atom stereocenters. The van der Waals surface area contributed by atoms with E-state index in [-0.39, 0.29) is 17.3 Å². The van der Waals surface area contributed by atoms with Crippen LogP contribution >= 0.6 is 0 Å². The minimum Gasteiger partial charge on any atom is -0.354 e. The van der Waals surface area contributed by atoms with Crippen LogP contribution in [0.25, 0.3) is 0 Å². The Balaban J connectivity index is 1.96. The van der Waals surface area contributed by atoms with E-state index in [2.05, 4.69) is 5.32 Å². The highest BCUT2D eigenvalue weighted by atomic mass is 32.2. The third-order valence-corrected chi connectivity index (χ3v) is 8.61. The van der Waals surface area contributed by atoms with Crippen molar-refractivity contribution in [3.8, 4) is 0 Å². The molecule has 0 saturated carbocycles. The van der Waals surface area contributed by atoms with Crippen LogP contribution in [0, 0.1) is 13.8 Å². The fraction of sp³-hybridized carbons (Fsp3) is 0.355. The zero-order valence-electron chi connectivity index (χ0n) is 23.3. The van der Waals surface area contributed by atoms with E-state index in [1.54, 1.807) is 12.1 Å². The largest absolute Gasteiger partial charge is 0.354 e. The second-order valence-electron chi connectivity index (χ2n) is 9.87. The van der Waals surface area contributed by atoms with Crippen LogP contribution in [0.5, 0.6) is 0 Å². The predicted octanol–water partition coefficient (Wildman–Crippen LogP) is 4.48. The molecule has 0 aliphatic rings. The van der Waals surface area contributed by atoms with E-state index in [1.165, 1.54) is 24.1 Å². The molecule has 3 aromatic carbocycles. The van der Waals surface area contributed by atoms with Crippen LogP contribution in [-0.2, 0) is 32.6 Å². The molecule has 208 valence electrons. The van der Waals surface area contributed by atoms with Crippen molar-refractivity contribution in [1.82, 2.24) is 14.5 Å². The molecule has 3 rings (SSSR count). The molecule has 0 aromatic heterocycles. The summed E-state index contributed by atoms with van der Waals surface area (Å²) in [5.41, 5.74) is 3.74. The van der Waals surface area contributed by atoms with E-state index in [1.807, 2.05) is 75.4 Å². The summed E-state index contributed by atoms with van der Waals surface area (Å²) in [7, 11) is -2.51. The van der Waals surface area contributed by atoms with Gasteiger partial charge in [-0.3, -0.25) is 9.59 Å². The number of sulfonamides is 1. The molecular weight excluding hydrogens is 510 g/mol. The monoisotopic (exact) mass is 549 g/mol. The summed E-state index contributed by atoms with van der Waals surface area (Å²) in [4.78, 5) is 29.1. The number of aryl methyl sites for hydroxylation is 2. The zero-order valence-corrected chi connectivity index (χ0v) is 24.1. The Labute approximate surface area is 232 Å². The molecule has 0 saturated heterocycles. The number of unbranched alkanes of at least 4 members (excludes halogenated alkanes) is 1. The van der Waals surface area contributed by atoms with Crippen LogP contribution in [0.1, 0.15) is 42.0 Å². The van der Waals surface area contributed by atoms with Crippen molar-refractivity contribution in [2.24, 2.45) is 0 Å². The molecule has 1 atom stereocenters. The third kappa shape index (κ3) is 8.25. The summed E-state index contributed by atoms with van der Waals surface area (Å²) in [6, 6.07) is 23.0. The van der Waals surface area contributed by atoms with Crippen LogP contribution in [0.15, 0.2) is 83.8 Å². The predicted molar refractivity (Wildman–Crippen MR) is 155 cm³/mol. The zero-order chi connectivity index (χ0) is 28.4. The molecule has 0 radical (unpaired) electrons. The molecule has 7 nitrogen and oxygen atoms in total. The molecule has 0 spiro atoms. The molecule has 0 heterocycles. The molecule has 0 aliphatic heterocycles. The lowest BCUT2D eigenvalue weighted by atomic mass is 10.0. The Morgan fingerprint density at radius 3 is 2.18 bits per heavy atom. The second-order valence-corrected chi connectivity index (χ2v) is 11.9. The summed E-state index contributed by atoms with van der Waals surface area (Å²) in [6.45, 7) is 6.18. The molecule has 0 fully saturated rings. The van der Waals surface area contributed by atoms with E-state index < -0.39 is 28.5 Å². The lowest BCUT2D eigenvalue weighted by Crippen LogP contribution is -2.53. The van der Waals surface area contributed by atoms with Gasteiger partial charge in [0.15, 0.2) is 0 Å². The van der Waals surface area contributed by atoms with Gasteiger partial charge >= 0.3 is 0 Å². The first-order valence-electron chi connectivity index (χ1n) is 13.3. The van der Waals surface area contributed by atoms with Gasteiger partial charge in [0.05, 0.1) is 11.4 Å². The highest BCUT2D eigenvalue weighted by Gasteiger charge is 2.33. The Hall–Kier alpha value is -3.49. The summed E-state index contributed by atoms with van der Waals surface area (Å²) in [5, 5.41) is 2.99. The summed E-state index contributed by atoms with van der Waals surface area (Å²) in [6.07, 6.45) is 2.06. The van der Waals surface area contributed by atoms with Crippen LogP contribution in [-0.4, -0.2) is 55.6 Å². The SMILES string of the molecule is CCCCNC(=O)[C@H](Cc1ccccc1)N(Cc1ccccc1C)C(=O)CN(C)S(=O)(=O)c1ccc(C)cc1. The standard InChI is InChI=1S/C31H39N3O4S/c1-5-6-20-32-31(36)29(21-26-13-8-7-9-14-26)34(22-27-15-11-10-12-25(27)3)30(35)23-33(4)39(37,38)28-18-16-24(2)17-19-28/h7-19,29H,5-6,20-23H2,1-4H3,(H,32,36)/t29-/m0/s1. The van der Waals surface area contributed by atoms with E-state index in [4.69, 9.17) is 0 Å². The average molecular weight is 550 g/mol. The summed E-state index contributed by atoms with van der Waals surface area (Å²) < 4.78 is 27.6. The molecule has 0 aliphatic carbocycles. The maximum Gasteiger partial charge on any atom is 0.243 e. The smallest absolute Gasteiger partial charge is 0.243 e. The van der Waals surface area contributed by atoms with Crippen molar-refractivity contribution in [3.05, 3.63) is 101 Å². The van der Waals surface area contributed by atoms with Crippen molar-refractivity contribution in [3.63, 3.8) is 0 Å². The molecule has 3 aromatic rings. The number of carbonyl (C=O) groups excluding carboxylic acids is 2. The second kappa shape index (κ2) is 14.1. The van der Waals surface area contributed by atoms with E-state index in [0.29, 0.717) is 13.0 Å². The first-order chi connectivity index (χ1) is 18.6. The Kier molecular flexibility index (Phi) is 10.8. The van der Waals surface area contributed by atoms with Gasteiger partial charge in [-0.05, 0) is 49.1 Å². The Morgan fingerprint density at radius 1 is 0.897 bits per heavy atom. The van der Waals surface area contributed by atoms with Gasteiger partial charge in [-0.1, -0.05) is 85.6 Å². The van der Waals surface area contributed by atoms with Gasteiger partial charge in [0, 0.05) is 26.6 Å². The van der Waals surface area contributed by atoms with Gasteiger partial charge in [0.1, 0.15) is 6.04 Å². The number of hydrogen-bond donors (Lipinski definition) is 1. The molecule has 0 bridgehead atoms. The van der Waals surface area contributed by atoms with Gasteiger partial charge in [-0.25, -0.2) is 8.42 Å². The van der Waals surface area contributed by atoms with Gasteiger partial charge in [-0.15, -0.1) is 0 Å². The molecule has 8 heteroatoms. The summed E-state index contributed by atoms with van der Waals surface area (Å²) in [5.74, 6) is -0.693. The number of hydrogen-bond acceptors (Lipinski definition) is 4. The number of likely N-dealkylation sites (N-methyl/N-ethyl adjacent to an activating group) is 1.